The zero-order valence-corrected chi connectivity index (χ0v) is 16.7. The van der Waals surface area contributed by atoms with Crippen molar-refractivity contribution in [1.29, 1.82) is 0 Å². The number of hydrogen-bond acceptors (Lipinski definition) is 6. The Kier molecular flexibility index (Phi) is 7.87. The standard InChI is InChI=1S/C22H26O6/c1-25-19-9-5-15(7-11-21(23)27-3)13-17(19)18-14-16(6-10-20(18)26-2)8-12-22(24)28-4/h5-6,9-10,13-14H,7-8,11-12H2,1-4H3. The van der Waals surface area contributed by atoms with Gasteiger partial charge in [0.15, 0.2) is 0 Å². The summed E-state index contributed by atoms with van der Waals surface area (Å²) >= 11 is 0. The Morgan fingerprint density at radius 1 is 0.679 bits per heavy atom. The van der Waals surface area contributed by atoms with Crippen molar-refractivity contribution in [1.82, 2.24) is 0 Å². The summed E-state index contributed by atoms with van der Waals surface area (Å²) in [6, 6.07) is 11.6. The average molecular weight is 386 g/mol. The van der Waals surface area contributed by atoms with Crippen LogP contribution in [-0.2, 0) is 31.9 Å². The molecule has 0 unspecified atom stereocenters. The molecule has 0 radical (unpaired) electrons. The predicted octanol–water partition coefficient (Wildman–Crippen LogP) is 3.58. The highest BCUT2D eigenvalue weighted by molar-refractivity contribution is 5.77. The molecule has 0 fully saturated rings. The normalized spacial score (nSPS) is 10.3. The topological polar surface area (TPSA) is 71.1 Å². The van der Waals surface area contributed by atoms with Crippen molar-refractivity contribution in [3.63, 3.8) is 0 Å². The number of esters is 2. The fraction of sp³-hybridized carbons (Fsp3) is 0.364. The summed E-state index contributed by atoms with van der Waals surface area (Å²) in [5.41, 5.74) is 3.70. The number of methoxy groups -OCH3 is 4. The smallest absolute Gasteiger partial charge is 0.305 e. The molecule has 2 aromatic carbocycles. The van der Waals surface area contributed by atoms with Gasteiger partial charge in [-0.25, -0.2) is 0 Å². The lowest BCUT2D eigenvalue weighted by Gasteiger charge is -2.15. The maximum Gasteiger partial charge on any atom is 0.305 e. The maximum absolute atomic E-state index is 11.5. The number of aryl methyl sites for hydroxylation is 2. The van der Waals surface area contributed by atoms with Gasteiger partial charge in [-0.1, -0.05) is 12.1 Å². The lowest BCUT2D eigenvalue weighted by atomic mass is 9.96. The van der Waals surface area contributed by atoms with Gasteiger partial charge in [-0.2, -0.15) is 0 Å². The number of ether oxygens (including phenoxy) is 4. The Bertz CT molecular complexity index is 758. The highest BCUT2D eigenvalue weighted by atomic mass is 16.5. The Labute approximate surface area is 165 Å². The van der Waals surface area contributed by atoms with Crippen LogP contribution in [0.5, 0.6) is 11.5 Å². The number of benzene rings is 2. The van der Waals surface area contributed by atoms with Crippen LogP contribution in [0.2, 0.25) is 0 Å². The number of hydrogen-bond donors (Lipinski definition) is 0. The van der Waals surface area contributed by atoms with E-state index in [0.29, 0.717) is 37.2 Å². The van der Waals surface area contributed by atoms with Gasteiger partial charge in [0.1, 0.15) is 11.5 Å². The number of rotatable bonds is 9. The first-order valence-corrected chi connectivity index (χ1v) is 9.00. The molecule has 0 N–H and O–H groups in total. The zero-order valence-electron chi connectivity index (χ0n) is 16.7. The van der Waals surface area contributed by atoms with Crippen LogP contribution in [0.1, 0.15) is 24.0 Å². The van der Waals surface area contributed by atoms with E-state index in [0.717, 1.165) is 22.3 Å². The fourth-order valence-corrected chi connectivity index (χ4v) is 2.94. The first-order valence-electron chi connectivity index (χ1n) is 9.00. The Morgan fingerprint density at radius 2 is 1.07 bits per heavy atom. The van der Waals surface area contributed by atoms with E-state index in [4.69, 9.17) is 18.9 Å². The molecule has 0 atom stereocenters. The van der Waals surface area contributed by atoms with Gasteiger partial charge in [0.05, 0.1) is 28.4 Å². The van der Waals surface area contributed by atoms with Crippen LogP contribution in [0.4, 0.5) is 0 Å². The van der Waals surface area contributed by atoms with E-state index in [1.165, 1.54) is 14.2 Å². The van der Waals surface area contributed by atoms with Crippen LogP contribution in [0.15, 0.2) is 36.4 Å². The van der Waals surface area contributed by atoms with E-state index >= 15 is 0 Å². The van der Waals surface area contributed by atoms with Gasteiger partial charge in [0, 0.05) is 24.0 Å². The monoisotopic (exact) mass is 386 g/mol. The molecule has 0 saturated heterocycles. The van der Waals surface area contributed by atoms with Gasteiger partial charge >= 0.3 is 11.9 Å². The molecule has 0 bridgehead atoms. The van der Waals surface area contributed by atoms with E-state index in [1.54, 1.807) is 14.2 Å². The van der Waals surface area contributed by atoms with Gasteiger partial charge in [-0.3, -0.25) is 9.59 Å². The summed E-state index contributed by atoms with van der Waals surface area (Å²) in [4.78, 5) is 22.9. The molecule has 0 aliphatic rings. The molecule has 0 amide bonds. The van der Waals surface area contributed by atoms with Crippen LogP contribution in [-0.4, -0.2) is 40.4 Å². The predicted molar refractivity (Wildman–Crippen MR) is 106 cm³/mol. The third-order valence-corrected chi connectivity index (χ3v) is 4.51. The molecular weight excluding hydrogens is 360 g/mol. The third-order valence-electron chi connectivity index (χ3n) is 4.51. The second-order valence-electron chi connectivity index (χ2n) is 6.22. The largest absolute Gasteiger partial charge is 0.496 e. The summed E-state index contributed by atoms with van der Waals surface area (Å²) in [6.07, 6.45) is 1.74. The lowest BCUT2D eigenvalue weighted by Crippen LogP contribution is -2.03. The molecular formula is C22H26O6. The number of carbonyl (C=O) groups is 2. The molecule has 0 spiro atoms. The van der Waals surface area contributed by atoms with Gasteiger partial charge in [-0.15, -0.1) is 0 Å². The van der Waals surface area contributed by atoms with Gasteiger partial charge in [-0.05, 0) is 48.2 Å². The van der Waals surface area contributed by atoms with E-state index in [9.17, 15) is 9.59 Å². The summed E-state index contributed by atoms with van der Waals surface area (Å²) in [5, 5.41) is 0. The van der Waals surface area contributed by atoms with Crippen LogP contribution in [0.3, 0.4) is 0 Å². The minimum atomic E-state index is -0.250. The minimum absolute atomic E-state index is 0.250. The Balaban J connectivity index is 2.39. The Hall–Kier alpha value is -3.02. The van der Waals surface area contributed by atoms with Crippen molar-refractivity contribution in [3.05, 3.63) is 47.5 Å². The van der Waals surface area contributed by atoms with E-state index in [-0.39, 0.29) is 11.9 Å². The molecule has 0 aliphatic carbocycles. The van der Waals surface area contributed by atoms with Crippen molar-refractivity contribution in [2.45, 2.75) is 25.7 Å². The maximum atomic E-state index is 11.5. The molecule has 0 aliphatic heterocycles. The number of carbonyl (C=O) groups excluding carboxylic acids is 2. The minimum Gasteiger partial charge on any atom is -0.496 e. The van der Waals surface area contributed by atoms with Crippen LogP contribution in [0.25, 0.3) is 11.1 Å². The second kappa shape index (κ2) is 10.3. The molecule has 2 rings (SSSR count). The highest BCUT2D eigenvalue weighted by Gasteiger charge is 2.14. The van der Waals surface area contributed by atoms with Crippen molar-refractivity contribution in [2.75, 3.05) is 28.4 Å². The molecule has 6 nitrogen and oxygen atoms in total. The van der Waals surface area contributed by atoms with Crippen molar-refractivity contribution < 1.29 is 28.5 Å². The molecule has 6 heteroatoms. The molecule has 0 saturated carbocycles. The fourth-order valence-electron chi connectivity index (χ4n) is 2.94. The first-order chi connectivity index (χ1) is 13.5. The van der Waals surface area contributed by atoms with Crippen LogP contribution >= 0.6 is 0 Å². The summed E-state index contributed by atoms with van der Waals surface area (Å²) < 4.78 is 20.5. The average Bonchev–Trinajstić information content (AvgIpc) is 2.75. The second-order valence-corrected chi connectivity index (χ2v) is 6.22. The first kappa shape index (κ1) is 21.3. The molecule has 2 aromatic rings. The van der Waals surface area contributed by atoms with Crippen LogP contribution < -0.4 is 9.47 Å². The van der Waals surface area contributed by atoms with Crippen molar-refractivity contribution in [3.8, 4) is 22.6 Å². The third kappa shape index (κ3) is 5.49. The van der Waals surface area contributed by atoms with E-state index in [1.807, 2.05) is 36.4 Å². The molecule has 28 heavy (non-hydrogen) atoms. The van der Waals surface area contributed by atoms with E-state index in [2.05, 4.69) is 0 Å². The SMILES string of the molecule is COC(=O)CCc1ccc(OC)c(-c2cc(CCC(=O)OC)ccc2OC)c1. The lowest BCUT2D eigenvalue weighted by molar-refractivity contribution is -0.141. The zero-order chi connectivity index (χ0) is 20.5. The van der Waals surface area contributed by atoms with Crippen LogP contribution in [0, 0.1) is 0 Å². The van der Waals surface area contributed by atoms with Crippen molar-refractivity contribution >= 4 is 11.9 Å². The van der Waals surface area contributed by atoms with Gasteiger partial charge in [0.25, 0.3) is 0 Å². The quantitative estimate of drug-likeness (QED) is 0.614. The molecule has 0 aromatic heterocycles. The van der Waals surface area contributed by atoms with Gasteiger partial charge < -0.3 is 18.9 Å². The summed E-state index contributed by atoms with van der Waals surface area (Å²) in [6.45, 7) is 0. The van der Waals surface area contributed by atoms with Crippen molar-refractivity contribution in [2.24, 2.45) is 0 Å². The van der Waals surface area contributed by atoms with Gasteiger partial charge in [0.2, 0.25) is 0 Å². The van der Waals surface area contributed by atoms with E-state index < -0.39 is 0 Å². The summed E-state index contributed by atoms with van der Waals surface area (Å²) in [7, 11) is 5.99. The molecule has 0 heterocycles. The molecule has 150 valence electrons. The summed E-state index contributed by atoms with van der Waals surface area (Å²) in [5.74, 6) is 0.898. The highest BCUT2D eigenvalue weighted by Crippen LogP contribution is 2.38. The Morgan fingerprint density at radius 3 is 1.39 bits per heavy atom.